The lowest BCUT2D eigenvalue weighted by atomic mass is 9.72. The average Bonchev–Trinajstić information content (AvgIpc) is 2.93. The molecule has 0 aromatic rings. The molecule has 1 amide bonds. The van der Waals surface area contributed by atoms with E-state index in [0.717, 1.165) is 64.5 Å². The van der Waals surface area contributed by atoms with Gasteiger partial charge in [0.05, 0.1) is 24.2 Å². The summed E-state index contributed by atoms with van der Waals surface area (Å²) in [6.45, 7) is 6.52. The maximum atomic E-state index is 16.4. The predicted molar refractivity (Wildman–Crippen MR) is 159 cm³/mol. The molecule has 2 saturated heterocycles. The number of ether oxygens (including phenoxy) is 1. The van der Waals surface area contributed by atoms with Crippen molar-refractivity contribution in [3.63, 3.8) is 0 Å². The summed E-state index contributed by atoms with van der Waals surface area (Å²) in [5.74, 6) is -1.11. The van der Waals surface area contributed by atoms with Crippen molar-refractivity contribution in [1.82, 2.24) is 20.9 Å². The van der Waals surface area contributed by atoms with E-state index in [1.807, 2.05) is 0 Å². The van der Waals surface area contributed by atoms with Crippen molar-refractivity contribution in [2.45, 2.75) is 134 Å². The fourth-order valence-electron chi connectivity index (χ4n) is 7.83. The number of hydrogen-bond acceptors (Lipinski definition) is 7. The first-order valence-electron chi connectivity index (χ1n) is 16.2. The normalized spacial score (nSPS) is 37.0. The highest BCUT2D eigenvalue weighted by molar-refractivity contribution is 5.80. The minimum Gasteiger partial charge on any atom is -0.385 e. The minimum absolute atomic E-state index is 0.0401. The Morgan fingerprint density at radius 1 is 1.22 bits per heavy atom. The van der Waals surface area contributed by atoms with Crippen molar-refractivity contribution in [2.24, 2.45) is 28.7 Å². The van der Waals surface area contributed by atoms with E-state index in [1.54, 1.807) is 0 Å². The number of likely N-dealkylation sites (tertiary alicyclic amines) is 1. The number of piperidine rings is 2. The third-order valence-electron chi connectivity index (χ3n) is 10.3. The van der Waals surface area contributed by atoms with Crippen molar-refractivity contribution in [1.29, 1.82) is 0 Å². The highest BCUT2D eigenvalue weighted by Gasteiger charge is 2.47. The third kappa shape index (κ3) is 8.62. The number of amides is 1. The Labute approximate surface area is 246 Å². The summed E-state index contributed by atoms with van der Waals surface area (Å²) in [5, 5.41) is 9.71. The van der Waals surface area contributed by atoms with Crippen LogP contribution in [0.1, 0.15) is 90.9 Å². The van der Waals surface area contributed by atoms with Gasteiger partial charge in [0.25, 0.3) is 0 Å². The van der Waals surface area contributed by atoms with E-state index < -0.39 is 36.4 Å². The van der Waals surface area contributed by atoms with E-state index in [9.17, 15) is 9.18 Å². The van der Waals surface area contributed by atoms with Gasteiger partial charge in [-0.15, -0.1) is 0 Å². The molecule has 4 rings (SSSR count). The number of nitrogens with one attached hydrogen (secondary N) is 3. The number of allylic oxidation sites excluding steroid dienone is 1. The van der Waals surface area contributed by atoms with Crippen molar-refractivity contribution in [2.75, 3.05) is 26.7 Å². The van der Waals surface area contributed by atoms with E-state index in [2.05, 4.69) is 41.7 Å². The standard InChI is InChI=1S/C31H56F2N6O2/c1-4-13-31(2)14-10-21(32)18-36-23(17-31)25(29(34)35)30(40)38-24-19-37-27(20-8-6-5-7-9-20)26(33)28(24)41-22-11-15-39(3)16-12-22/h18,20,22-29,36-37H,4-17,19,34-35H2,1-3H3,(H,38,40)/b21-18+. The fraction of sp³-hybridized carbons (Fsp3) is 0.903. The smallest absolute Gasteiger partial charge is 0.228 e. The van der Waals surface area contributed by atoms with Crippen LogP contribution in [0, 0.1) is 17.3 Å². The molecule has 0 aromatic heterocycles. The van der Waals surface area contributed by atoms with Crippen LogP contribution in [0.15, 0.2) is 12.0 Å². The molecule has 236 valence electrons. The largest absolute Gasteiger partial charge is 0.385 e. The molecule has 0 spiro atoms. The summed E-state index contributed by atoms with van der Waals surface area (Å²) in [4.78, 5) is 16.2. The van der Waals surface area contributed by atoms with Crippen molar-refractivity contribution >= 4 is 5.91 Å². The Bertz CT molecular complexity index is 864. The molecule has 7 unspecified atom stereocenters. The summed E-state index contributed by atoms with van der Waals surface area (Å²) in [6.07, 6.45) is 9.17. The van der Waals surface area contributed by atoms with Gasteiger partial charge < -0.3 is 37.1 Å². The predicted octanol–water partition coefficient (Wildman–Crippen LogP) is 3.46. The quantitative estimate of drug-likeness (QED) is 0.264. The number of nitrogens with zero attached hydrogens (tertiary/aromatic N) is 1. The Balaban J connectivity index is 1.52. The van der Waals surface area contributed by atoms with E-state index in [1.165, 1.54) is 12.6 Å². The lowest BCUT2D eigenvalue weighted by molar-refractivity contribution is -0.136. The first kappa shape index (κ1) is 32.6. The summed E-state index contributed by atoms with van der Waals surface area (Å²) in [6, 6.07) is -1.28. The Kier molecular flexibility index (Phi) is 11.8. The number of hydrogen-bond donors (Lipinski definition) is 5. The van der Waals surface area contributed by atoms with Crippen LogP contribution in [0.4, 0.5) is 8.78 Å². The maximum absolute atomic E-state index is 16.4. The summed E-state index contributed by atoms with van der Waals surface area (Å²) in [5.41, 5.74) is 12.3. The first-order valence-corrected chi connectivity index (χ1v) is 16.2. The van der Waals surface area contributed by atoms with Crippen molar-refractivity contribution in [3.05, 3.63) is 12.0 Å². The van der Waals surface area contributed by atoms with Gasteiger partial charge in [-0.25, -0.2) is 8.78 Å². The number of halogens is 2. The van der Waals surface area contributed by atoms with Gasteiger partial charge in [-0.3, -0.25) is 4.79 Å². The van der Waals surface area contributed by atoms with E-state index in [0.29, 0.717) is 25.8 Å². The van der Waals surface area contributed by atoms with Crippen LogP contribution in [-0.2, 0) is 9.53 Å². The van der Waals surface area contributed by atoms with Gasteiger partial charge in [0.2, 0.25) is 5.91 Å². The molecule has 3 heterocycles. The summed E-state index contributed by atoms with van der Waals surface area (Å²) in [7, 11) is 2.09. The van der Waals surface area contributed by atoms with E-state index >= 15 is 4.39 Å². The monoisotopic (exact) mass is 582 g/mol. The zero-order valence-corrected chi connectivity index (χ0v) is 25.6. The molecular formula is C31H56F2N6O2. The minimum atomic E-state index is -1.23. The Morgan fingerprint density at radius 3 is 2.59 bits per heavy atom. The topological polar surface area (TPSA) is 118 Å². The van der Waals surface area contributed by atoms with Crippen LogP contribution in [0.25, 0.3) is 0 Å². The summed E-state index contributed by atoms with van der Waals surface area (Å²) >= 11 is 0. The van der Waals surface area contributed by atoms with Gasteiger partial charge >= 0.3 is 0 Å². The van der Waals surface area contributed by atoms with Gasteiger partial charge in [0, 0.05) is 44.3 Å². The Hall–Kier alpha value is -1.33. The zero-order chi connectivity index (χ0) is 29.6. The molecule has 1 saturated carbocycles. The van der Waals surface area contributed by atoms with Gasteiger partial charge in [-0.2, -0.15) is 0 Å². The zero-order valence-electron chi connectivity index (χ0n) is 25.6. The van der Waals surface area contributed by atoms with Crippen molar-refractivity contribution < 1.29 is 18.3 Å². The lowest BCUT2D eigenvalue weighted by Gasteiger charge is -2.46. The van der Waals surface area contributed by atoms with Crippen LogP contribution in [-0.4, -0.2) is 80.2 Å². The van der Waals surface area contributed by atoms with E-state index in [4.69, 9.17) is 16.2 Å². The van der Waals surface area contributed by atoms with Gasteiger partial charge in [-0.1, -0.05) is 39.5 Å². The molecule has 7 atom stereocenters. The first-order chi connectivity index (χ1) is 19.6. The van der Waals surface area contributed by atoms with Crippen LogP contribution in [0.5, 0.6) is 0 Å². The third-order valence-corrected chi connectivity index (χ3v) is 10.3. The number of carbonyl (C=O) groups is 1. The number of nitrogens with two attached hydrogens (primary N) is 2. The second-order valence-corrected chi connectivity index (χ2v) is 13.7. The molecule has 3 aliphatic heterocycles. The number of alkyl halides is 1. The number of rotatable bonds is 9. The highest BCUT2D eigenvalue weighted by Crippen LogP contribution is 2.39. The highest BCUT2D eigenvalue weighted by atomic mass is 19.1. The lowest BCUT2D eigenvalue weighted by Crippen LogP contribution is -2.68. The second kappa shape index (κ2) is 14.9. The Morgan fingerprint density at radius 2 is 1.93 bits per heavy atom. The molecule has 8 nitrogen and oxygen atoms in total. The van der Waals surface area contributed by atoms with Gasteiger partial charge in [-0.05, 0) is 63.3 Å². The molecule has 7 N–H and O–H groups in total. The van der Waals surface area contributed by atoms with Crippen molar-refractivity contribution in [3.8, 4) is 0 Å². The van der Waals surface area contributed by atoms with Crippen LogP contribution >= 0.6 is 0 Å². The van der Waals surface area contributed by atoms with E-state index in [-0.39, 0.29) is 35.2 Å². The maximum Gasteiger partial charge on any atom is 0.228 e. The molecule has 0 radical (unpaired) electrons. The SMILES string of the molecule is CCCC1(C)CC/C(F)=C\NC(C(C(=O)NC2CNC(C3CCCCC3)C(F)C2OC2CCN(C)CC2)C(N)N)C1. The summed E-state index contributed by atoms with van der Waals surface area (Å²) < 4.78 is 37.5. The molecule has 1 aliphatic carbocycles. The molecule has 0 bridgehead atoms. The van der Waals surface area contributed by atoms with Crippen LogP contribution in [0.2, 0.25) is 0 Å². The molecular weight excluding hydrogens is 526 g/mol. The fourth-order valence-corrected chi connectivity index (χ4v) is 7.83. The molecule has 10 heteroatoms. The van der Waals surface area contributed by atoms with Crippen LogP contribution in [0.3, 0.4) is 0 Å². The molecule has 0 aromatic carbocycles. The molecule has 3 fully saturated rings. The number of carbonyl (C=O) groups excluding carboxylic acids is 1. The van der Waals surface area contributed by atoms with Crippen LogP contribution < -0.4 is 27.4 Å². The molecule has 4 aliphatic rings. The molecule has 41 heavy (non-hydrogen) atoms. The van der Waals surface area contributed by atoms with Gasteiger partial charge in [0.1, 0.15) is 18.1 Å². The average molecular weight is 583 g/mol. The second-order valence-electron chi connectivity index (χ2n) is 13.7. The van der Waals surface area contributed by atoms with Gasteiger partial charge in [0.15, 0.2) is 0 Å².